The van der Waals surface area contributed by atoms with E-state index in [0.29, 0.717) is 6.42 Å². The molecule has 0 aliphatic carbocycles. The van der Waals surface area contributed by atoms with E-state index in [-0.39, 0.29) is 11.9 Å². The quantitative estimate of drug-likeness (QED) is 0.819. The van der Waals surface area contributed by atoms with Crippen molar-refractivity contribution in [3.05, 3.63) is 59.9 Å². The molecule has 4 heteroatoms. The van der Waals surface area contributed by atoms with Crippen LogP contribution in [0.4, 0.5) is 5.69 Å². The number of benzene rings is 1. The lowest BCUT2D eigenvalue weighted by Crippen LogP contribution is -2.26. The van der Waals surface area contributed by atoms with Gasteiger partial charge in [-0.25, -0.2) is 0 Å². The first-order chi connectivity index (χ1) is 9.65. The number of aromatic nitrogens is 1. The Morgan fingerprint density at radius 3 is 2.50 bits per heavy atom. The zero-order valence-corrected chi connectivity index (χ0v) is 11.5. The number of pyridine rings is 1. The Hall–Kier alpha value is -2.36. The Morgan fingerprint density at radius 1 is 1.20 bits per heavy atom. The van der Waals surface area contributed by atoms with Crippen LogP contribution >= 0.6 is 0 Å². The maximum absolute atomic E-state index is 11.9. The highest BCUT2D eigenvalue weighted by Crippen LogP contribution is 2.14. The van der Waals surface area contributed by atoms with Crippen LogP contribution in [0.25, 0.3) is 0 Å². The molecule has 0 aliphatic heterocycles. The summed E-state index contributed by atoms with van der Waals surface area (Å²) in [5.41, 5.74) is 8.55. The first-order valence-electron chi connectivity index (χ1n) is 6.69. The summed E-state index contributed by atoms with van der Waals surface area (Å²) < 4.78 is 0. The number of aryl methyl sites for hydroxylation is 1. The topological polar surface area (TPSA) is 68.0 Å². The third-order valence-corrected chi connectivity index (χ3v) is 3.20. The Kier molecular flexibility index (Phi) is 4.71. The smallest absolute Gasteiger partial charge is 0.220 e. The number of carbonyl (C=O) groups excluding carboxylic acids is 1. The zero-order valence-electron chi connectivity index (χ0n) is 11.5. The summed E-state index contributed by atoms with van der Waals surface area (Å²) in [7, 11) is 0. The molecule has 2 aromatic rings. The van der Waals surface area contributed by atoms with Crippen molar-refractivity contribution >= 4 is 11.6 Å². The van der Waals surface area contributed by atoms with Gasteiger partial charge < -0.3 is 11.1 Å². The summed E-state index contributed by atoms with van der Waals surface area (Å²) in [6, 6.07) is 11.4. The van der Waals surface area contributed by atoms with Crippen LogP contribution < -0.4 is 11.1 Å². The Labute approximate surface area is 119 Å². The van der Waals surface area contributed by atoms with Crippen LogP contribution in [0.3, 0.4) is 0 Å². The van der Waals surface area contributed by atoms with Crippen LogP contribution in [0, 0.1) is 0 Å². The summed E-state index contributed by atoms with van der Waals surface area (Å²) in [5.74, 6) is 0.0473. The van der Waals surface area contributed by atoms with Crippen LogP contribution in [0.5, 0.6) is 0 Å². The molecule has 1 atom stereocenters. The molecular formula is C16H19N3O. The molecular weight excluding hydrogens is 250 g/mol. The average Bonchev–Trinajstić information content (AvgIpc) is 2.47. The molecule has 3 N–H and O–H groups in total. The van der Waals surface area contributed by atoms with Crippen LogP contribution in [-0.2, 0) is 11.2 Å². The molecule has 0 bridgehead atoms. The Balaban J connectivity index is 1.83. The fourth-order valence-corrected chi connectivity index (χ4v) is 1.99. The van der Waals surface area contributed by atoms with Gasteiger partial charge in [0.2, 0.25) is 5.91 Å². The SMILES string of the molecule is CC(NC(=O)CCc1ccncc1)c1ccc(N)cc1. The van der Waals surface area contributed by atoms with Crippen LogP contribution in [0.15, 0.2) is 48.8 Å². The van der Waals surface area contributed by atoms with Gasteiger partial charge in [-0.2, -0.15) is 0 Å². The third-order valence-electron chi connectivity index (χ3n) is 3.20. The maximum Gasteiger partial charge on any atom is 0.220 e. The average molecular weight is 269 g/mol. The molecule has 0 aliphatic rings. The third kappa shape index (κ3) is 4.09. The van der Waals surface area contributed by atoms with Gasteiger partial charge in [0, 0.05) is 24.5 Å². The lowest BCUT2D eigenvalue weighted by molar-refractivity contribution is -0.121. The van der Waals surface area contributed by atoms with Crippen molar-refractivity contribution in [2.24, 2.45) is 0 Å². The number of nitrogens with one attached hydrogen (secondary N) is 1. The fourth-order valence-electron chi connectivity index (χ4n) is 1.99. The molecule has 4 nitrogen and oxygen atoms in total. The number of nitrogens with zero attached hydrogens (tertiary/aromatic N) is 1. The van der Waals surface area contributed by atoms with Crippen molar-refractivity contribution in [3.63, 3.8) is 0 Å². The predicted octanol–water partition coefficient (Wildman–Crippen LogP) is 2.47. The molecule has 1 aromatic carbocycles. The van der Waals surface area contributed by atoms with E-state index < -0.39 is 0 Å². The van der Waals surface area contributed by atoms with Gasteiger partial charge in [-0.1, -0.05) is 12.1 Å². The number of hydrogen-bond acceptors (Lipinski definition) is 3. The largest absolute Gasteiger partial charge is 0.399 e. The number of rotatable bonds is 5. The molecule has 1 unspecified atom stereocenters. The van der Waals surface area contributed by atoms with Gasteiger partial charge in [0.25, 0.3) is 0 Å². The summed E-state index contributed by atoms with van der Waals surface area (Å²) in [5, 5.41) is 2.99. The summed E-state index contributed by atoms with van der Waals surface area (Å²) in [4.78, 5) is 15.9. The molecule has 2 rings (SSSR count). The second-order valence-electron chi connectivity index (χ2n) is 4.81. The standard InChI is InChI=1S/C16H19N3O/c1-12(14-3-5-15(17)6-4-14)19-16(20)7-2-13-8-10-18-11-9-13/h3-6,8-12H,2,7,17H2,1H3,(H,19,20). The molecule has 0 fully saturated rings. The summed E-state index contributed by atoms with van der Waals surface area (Å²) >= 11 is 0. The molecule has 0 saturated heterocycles. The number of amides is 1. The minimum absolute atomic E-state index is 0.0134. The second-order valence-corrected chi connectivity index (χ2v) is 4.81. The summed E-state index contributed by atoms with van der Waals surface area (Å²) in [6.07, 6.45) is 4.68. The van der Waals surface area contributed by atoms with Gasteiger partial charge in [0.15, 0.2) is 0 Å². The zero-order chi connectivity index (χ0) is 14.4. The second kappa shape index (κ2) is 6.70. The Morgan fingerprint density at radius 2 is 1.85 bits per heavy atom. The molecule has 0 radical (unpaired) electrons. The lowest BCUT2D eigenvalue weighted by atomic mass is 10.1. The van der Waals surface area contributed by atoms with Crippen LogP contribution in [0.1, 0.15) is 30.5 Å². The molecule has 0 saturated carbocycles. The first-order valence-corrected chi connectivity index (χ1v) is 6.69. The number of anilines is 1. The van der Waals surface area contributed by atoms with Crippen molar-refractivity contribution < 1.29 is 4.79 Å². The van der Waals surface area contributed by atoms with Crippen LogP contribution in [0.2, 0.25) is 0 Å². The van der Waals surface area contributed by atoms with Gasteiger partial charge >= 0.3 is 0 Å². The minimum Gasteiger partial charge on any atom is -0.399 e. The highest BCUT2D eigenvalue weighted by atomic mass is 16.1. The van der Waals surface area contributed by atoms with Crippen molar-refractivity contribution in [1.82, 2.24) is 10.3 Å². The first kappa shape index (κ1) is 14.1. The van der Waals surface area contributed by atoms with Gasteiger partial charge in [0.05, 0.1) is 6.04 Å². The molecule has 104 valence electrons. The maximum atomic E-state index is 11.9. The van der Waals surface area contributed by atoms with Gasteiger partial charge in [-0.05, 0) is 48.7 Å². The van der Waals surface area contributed by atoms with Gasteiger partial charge in [-0.3, -0.25) is 9.78 Å². The number of nitrogen functional groups attached to an aromatic ring is 1. The van der Waals surface area contributed by atoms with E-state index in [2.05, 4.69) is 10.3 Å². The highest BCUT2D eigenvalue weighted by Gasteiger charge is 2.09. The number of hydrogen-bond donors (Lipinski definition) is 2. The van der Waals surface area contributed by atoms with Crippen molar-refractivity contribution in [2.45, 2.75) is 25.8 Å². The molecule has 1 heterocycles. The van der Waals surface area contributed by atoms with Crippen molar-refractivity contribution in [2.75, 3.05) is 5.73 Å². The van der Waals surface area contributed by atoms with E-state index in [9.17, 15) is 4.79 Å². The fraction of sp³-hybridized carbons (Fsp3) is 0.250. The van der Waals surface area contributed by atoms with E-state index in [1.165, 1.54) is 0 Å². The highest BCUT2D eigenvalue weighted by molar-refractivity contribution is 5.76. The molecule has 20 heavy (non-hydrogen) atoms. The van der Waals surface area contributed by atoms with Crippen molar-refractivity contribution in [1.29, 1.82) is 0 Å². The minimum atomic E-state index is -0.0134. The van der Waals surface area contributed by atoms with Gasteiger partial charge in [0.1, 0.15) is 0 Å². The normalized spacial score (nSPS) is 11.8. The van der Waals surface area contributed by atoms with Crippen molar-refractivity contribution in [3.8, 4) is 0 Å². The predicted molar refractivity (Wildman–Crippen MR) is 80.0 cm³/mol. The number of carbonyl (C=O) groups is 1. The molecule has 1 amide bonds. The van der Waals surface area contributed by atoms with E-state index in [1.807, 2.05) is 43.3 Å². The Bertz CT molecular complexity index is 552. The van der Waals surface area contributed by atoms with Crippen LogP contribution in [-0.4, -0.2) is 10.9 Å². The lowest BCUT2D eigenvalue weighted by Gasteiger charge is -2.14. The monoisotopic (exact) mass is 269 g/mol. The van der Waals surface area contributed by atoms with Gasteiger partial charge in [-0.15, -0.1) is 0 Å². The summed E-state index contributed by atoms with van der Waals surface area (Å²) in [6.45, 7) is 1.97. The van der Waals surface area contributed by atoms with E-state index in [4.69, 9.17) is 5.73 Å². The van der Waals surface area contributed by atoms with E-state index in [0.717, 1.165) is 23.2 Å². The van der Waals surface area contributed by atoms with E-state index >= 15 is 0 Å². The van der Waals surface area contributed by atoms with E-state index in [1.54, 1.807) is 12.4 Å². The number of nitrogens with two attached hydrogens (primary N) is 1. The molecule has 1 aromatic heterocycles. The molecule has 0 spiro atoms.